The van der Waals surface area contributed by atoms with Crippen LogP contribution in [0.25, 0.3) is 0 Å². The largest absolute Gasteiger partial charge is 0.394 e. The number of unbranched alkanes of at least 4 members (excludes halogenated alkanes) is 1. The van der Waals surface area contributed by atoms with Gasteiger partial charge in [0.1, 0.15) is 24.4 Å². The van der Waals surface area contributed by atoms with Crippen LogP contribution in [-0.2, 0) is 9.47 Å². The minimum Gasteiger partial charge on any atom is -0.394 e. The predicted molar refractivity (Wildman–Crippen MR) is 144 cm³/mol. The van der Waals surface area contributed by atoms with Gasteiger partial charge in [0, 0.05) is 0 Å². The second-order valence-corrected chi connectivity index (χ2v) is 11.0. The SMILES string of the molecule is CC1=C(/C=C(C)/C(C)=C/CC/C=C(C)/C(C)=C/CO[C@H]2O[C@H](CO)[C@@H](O)[C@H](O)[C@H]2O)C(C)(C)CCC1. The van der Waals surface area contributed by atoms with Crippen molar-refractivity contribution in [3.8, 4) is 0 Å². The molecule has 1 aliphatic heterocycles. The Morgan fingerprint density at radius 3 is 2.08 bits per heavy atom. The van der Waals surface area contributed by atoms with Crippen LogP contribution in [0, 0.1) is 5.41 Å². The van der Waals surface area contributed by atoms with Crippen LogP contribution in [-0.4, -0.2) is 64.3 Å². The molecule has 36 heavy (non-hydrogen) atoms. The molecule has 2 aliphatic rings. The van der Waals surface area contributed by atoms with E-state index in [1.165, 1.54) is 41.6 Å². The summed E-state index contributed by atoms with van der Waals surface area (Å²) < 4.78 is 10.9. The first-order valence-electron chi connectivity index (χ1n) is 13.2. The number of ether oxygens (including phenoxy) is 2. The lowest BCUT2D eigenvalue weighted by Gasteiger charge is -2.39. The van der Waals surface area contributed by atoms with Crippen molar-refractivity contribution in [1.82, 2.24) is 0 Å². The minimum atomic E-state index is -1.43. The summed E-state index contributed by atoms with van der Waals surface area (Å²) in [5, 5.41) is 39.1. The molecule has 6 nitrogen and oxygen atoms in total. The first-order valence-corrected chi connectivity index (χ1v) is 13.2. The fraction of sp³-hybridized carbons (Fsp3) is 0.667. The highest BCUT2D eigenvalue weighted by Gasteiger charge is 2.43. The molecule has 0 aromatic rings. The maximum atomic E-state index is 10.1. The molecule has 0 amide bonds. The van der Waals surface area contributed by atoms with Crippen LogP contribution in [0.5, 0.6) is 0 Å². The lowest BCUT2D eigenvalue weighted by molar-refractivity contribution is -0.298. The van der Waals surface area contributed by atoms with Crippen LogP contribution in [0.15, 0.2) is 57.7 Å². The number of hydrogen-bond donors (Lipinski definition) is 4. The van der Waals surface area contributed by atoms with Crippen molar-refractivity contribution in [3.05, 3.63) is 57.7 Å². The highest BCUT2D eigenvalue weighted by Crippen LogP contribution is 2.41. The average molecular weight is 505 g/mol. The van der Waals surface area contributed by atoms with E-state index in [2.05, 4.69) is 59.8 Å². The monoisotopic (exact) mass is 504 g/mol. The van der Waals surface area contributed by atoms with Crippen LogP contribution in [0.3, 0.4) is 0 Å². The molecule has 2 rings (SSSR count). The second-order valence-electron chi connectivity index (χ2n) is 11.0. The Morgan fingerprint density at radius 1 is 0.917 bits per heavy atom. The van der Waals surface area contributed by atoms with Gasteiger partial charge in [0.05, 0.1) is 13.2 Å². The Morgan fingerprint density at radius 2 is 1.50 bits per heavy atom. The van der Waals surface area contributed by atoms with Crippen LogP contribution in [0.1, 0.15) is 80.6 Å². The summed E-state index contributed by atoms with van der Waals surface area (Å²) in [5.41, 5.74) is 8.13. The van der Waals surface area contributed by atoms with Gasteiger partial charge in [-0.25, -0.2) is 0 Å². The second kappa shape index (κ2) is 13.8. The van der Waals surface area contributed by atoms with Crippen molar-refractivity contribution in [3.63, 3.8) is 0 Å². The molecule has 0 saturated carbocycles. The highest BCUT2D eigenvalue weighted by atomic mass is 16.7. The molecule has 1 heterocycles. The average Bonchev–Trinajstić information content (AvgIpc) is 2.83. The molecule has 0 unspecified atom stereocenters. The normalized spacial score (nSPS) is 30.7. The summed E-state index contributed by atoms with van der Waals surface area (Å²) in [7, 11) is 0. The molecular formula is C30H48O6. The summed E-state index contributed by atoms with van der Waals surface area (Å²) in [5.74, 6) is 0. The molecule has 0 radical (unpaired) electrons. The lowest BCUT2D eigenvalue weighted by atomic mass is 9.72. The molecule has 204 valence electrons. The van der Waals surface area contributed by atoms with Crippen molar-refractivity contribution in [1.29, 1.82) is 0 Å². The van der Waals surface area contributed by atoms with Gasteiger partial charge in [0.25, 0.3) is 0 Å². The zero-order chi connectivity index (χ0) is 27.0. The van der Waals surface area contributed by atoms with Crippen molar-refractivity contribution in [2.75, 3.05) is 13.2 Å². The van der Waals surface area contributed by atoms with E-state index >= 15 is 0 Å². The number of rotatable bonds is 10. The van der Waals surface area contributed by atoms with Crippen molar-refractivity contribution in [2.45, 2.75) is 111 Å². The van der Waals surface area contributed by atoms with Crippen LogP contribution in [0.2, 0.25) is 0 Å². The van der Waals surface area contributed by atoms with E-state index in [0.29, 0.717) is 0 Å². The third kappa shape index (κ3) is 8.23. The van der Waals surface area contributed by atoms with Crippen LogP contribution >= 0.6 is 0 Å². The quantitative estimate of drug-likeness (QED) is 0.250. The molecule has 1 saturated heterocycles. The molecule has 6 heteroatoms. The van der Waals surface area contributed by atoms with Gasteiger partial charge >= 0.3 is 0 Å². The number of aliphatic hydroxyl groups is 4. The van der Waals surface area contributed by atoms with E-state index in [1.807, 2.05) is 13.0 Å². The number of hydrogen-bond acceptors (Lipinski definition) is 6. The van der Waals surface area contributed by atoms with Gasteiger partial charge in [-0.15, -0.1) is 0 Å². The predicted octanol–water partition coefficient (Wildman–Crippen LogP) is 4.89. The van der Waals surface area contributed by atoms with Gasteiger partial charge in [-0.3, -0.25) is 0 Å². The maximum Gasteiger partial charge on any atom is 0.187 e. The first kappa shape index (κ1) is 30.7. The highest BCUT2D eigenvalue weighted by molar-refractivity contribution is 5.40. The zero-order valence-corrected chi connectivity index (χ0v) is 23.3. The summed E-state index contributed by atoms with van der Waals surface area (Å²) in [6.45, 7) is 15.1. The van der Waals surface area contributed by atoms with Crippen molar-refractivity contribution < 1.29 is 29.9 Å². The Labute approximate surface area is 217 Å². The molecule has 0 bridgehead atoms. The van der Waals surface area contributed by atoms with Gasteiger partial charge in [-0.05, 0) is 83.3 Å². The van der Waals surface area contributed by atoms with E-state index in [1.54, 1.807) is 0 Å². The van der Waals surface area contributed by atoms with Crippen LogP contribution < -0.4 is 0 Å². The molecule has 1 aliphatic carbocycles. The molecule has 0 aromatic carbocycles. The third-order valence-electron chi connectivity index (χ3n) is 7.71. The Hall–Kier alpha value is -1.54. The van der Waals surface area contributed by atoms with E-state index in [-0.39, 0.29) is 12.0 Å². The Balaban J connectivity index is 1.88. The first-order chi connectivity index (χ1) is 16.9. The molecule has 0 aromatic heterocycles. The summed E-state index contributed by atoms with van der Waals surface area (Å²) >= 11 is 0. The van der Waals surface area contributed by atoms with Gasteiger partial charge in [-0.2, -0.15) is 0 Å². The Kier molecular flexibility index (Phi) is 11.8. The van der Waals surface area contributed by atoms with Gasteiger partial charge in [0.2, 0.25) is 0 Å². The van der Waals surface area contributed by atoms with Gasteiger partial charge in [-0.1, -0.05) is 60.4 Å². The third-order valence-corrected chi connectivity index (χ3v) is 7.71. The van der Waals surface area contributed by atoms with Crippen LogP contribution in [0.4, 0.5) is 0 Å². The zero-order valence-electron chi connectivity index (χ0n) is 23.3. The van der Waals surface area contributed by atoms with E-state index < -0.39 is 37.3 Å². The Bertz CT molecular complexity index is 889. The van der Waals surface area contributed by atoms with E-state index in [0.717, 1.165) is 24.0 Å². The summed E-state index contributed by atoms with van der Waals surface area (Å²) in [6, 6.07) is 0. The smallest absolute Gasteiger partial charge is 0.187 e. The summed E-state index contributed by atoms with van der Waals surface area (Å²) in [4.78, 5) is 0. The number of allylic oxidation sites excluding steroid dienone is 9. The van der Waals surface area contributed by atoms with Gasteiger partial charge in [0.15, 0.2) is 6.29 Å². The topological polar surface area (TPSA) is 99.4 Å². The van der Waals surface area contributed by atoms with Crippen molar-refractivity contribution >= 4 is 0 Å². The summed E-state index contributed by atoms with van der Waals surface area (Å²) in [6.07, 6.45) is 8.15. The molecule has 5 atom stereocenters. The molecule has 4 N–H and O–H groups in total. The number of aliphatic hydroxyl groups excluding tert-OH is 4. The standard InChI is InChI=1S/C30H48O6/c1-19(21(3)14-16-35-29-28(34)27(33)26(32)25(18-31)36-29)11-8-9-12-20(2)23(5)17-24-22(4)13-10-15-30(24,6)7/h11-12,14,17,25-29,31-34H,8-10,13,15-16,18H2,1-7H3/b19-11+,20-12+,21-14+,23-17+/t25-,26-,27+,28-,29+/m1/s1. The molecule has 0 spiro atoms. The van der Waals surface area contributed by atoms with Crippen molar-refractivity contribution in [2.24, 2.45) is 5.41 Å². The fourth-order valence-electron chi connectivity index (χ4n) is 4.85. The maximum absolute atomic E-state index is 10.1. The lowest BCUT2D eigenvalue weighted by Crippen LogP contribution is -2.59. The van der Waals surface area contributed by atoms with E-state index in [9.17, 15) is 20.4 Å². The fourth-order valence-corrected chi connectivity index (χ4v) is 4.85. The minimum absolute atomic E-state index is 0.175. The van der Waals surface area contributed by atoms with Gasteiger partial charge < -0.3 is 29.9 Å². The van der Waals surface area contributed by atoms with E-state index in [4.69, 9.17) is 9.47 Å². The molecule has 1 fully saturated rings. The molecular weight excluding hydrogens is 456 g/mol.